The first-order valence-electron chi connectivity index (χ1n) is 21.2. The van der Waals surface area contributed by atoms with Crippen LogP contribution in [0.3, 0.4) is 0 Å². The van der Waals surface area contributed by atoms with Crippen molar-refractivity contribution in [2.45, 2.75) is 95.8 Å². The van der Waals surface area contributed by atoms with Crippen molar-refractivity contribution in [2.24, 2.45) is 0 Å². The van der Waals surface area contributed by atoms with Crippen LogP contribution in [0.4, 0.5) is 48.0 Å². The third-order valence-corrected chi connectivity index (χ3v) is 11.7. The van der Waals surface area contributed by atoms with E-state index >= 15 is 0 Å². The highest BCUT2D eigenvalue weighted by Crippen LogP contribution is 2.40. The molecular weight excluding hydrogens is 879 g/mol. The molecule has 64 heavy (non-hydrogen) atoms. The number of halogens is 6. The quantitative estimate of drug-likeness (QED) is 0.0380. The zero-order valence-electron chi connectivity index (χ0n) is 35.2. The van der Waals surface area contributed by atoms with Gasteiger partial charge >= 0.3 is 12.4 Å². The lowest BCUT2D eigenvalue weighted by Crippen LogP contribution is -2.10. The fraction of sp³-hybridized carbons (Fsp3) is 0.391. The number of benzene rings is 2. The summed E-state index contributed by atoms with van der Waals surface area (Å²) < 4.78 is 100.0. The summed E-state index contributed by atoms with van der Waals surface area (Å²) >= 11 is 2.51. The highest BCUT2D eigenvalue weighted by atomic mass is 32.1. The molecule has 2 aromatic carbocycles. The van der Waals surface area contributed by atoms with Crippen molar-refractivity contribution in [3.63, 3.8) is 0 Å². The van der Waals surface area contributed by atoms with Crippen molar-refractivity contribution in [2.75, 3.05) is 31.0 Å². The Morgan fingerprint density at radius 1 is 0.594 bits per heavy atom. The largest absolute Gasteiger partial charge is 0.493 e. The van der Waals surface area contributed by atoms with Crippen LogP contribution >= 0.6 is 22.7 Å². The Morgan fingerprint density at radius 2 is 1.05 bits per heavy atom. The van der Waals surface area contributed by atoms with Crippen molar-refractivity contribution < 1.29 is 40.6 Å². The van der Waals surface area contributed by atoms with Crippen LogP contribution in [0.25, 0.3) is 22.5 Å². The van der Waals surface area contributed by atoms with E-state index in [1.54, 1.807) is 35.2 Å². The molecule has 0 bridgehead atoms. The molecular formula is C46H50F6N6O4S2. The maximum atomic E-state index is 14.0. The first-order valence-corrected chi connectivity index (χ1v) is 22.9. The van der Waals surface area contributed by atoms with Crippen LogP contribution in [0.2, 0.25) is 0 Å². The van der Waals surface area contributed by atoms with Gasteiger partial charge in [-0.3, -0.25) is 4.79 Å². The van der Waals surface area contributed by atoms with Crippen molar-refractivity contribution in [3.8, 4) is 39.9 Å². The van der Waals surface area contributed by atoms with Crippen LogP contribution in [-0.2, 0) is 12.4 Å². The van der Waals surface area contributed by atoms with E-state index in [9.17, 15) is 31.1 Å². The zero-order valence-corrected chi connectivity index (χ0v) is 36.9. The summed E-state index contributed by atoms with van der Waals surface area (Å²) in [4.78, 5) is 27.0. The minimum atomic E-state index is -4.60. The number of nitrogens with one attached hydrogen (secondary N) is 3. The molecule has 0 unspecified atom stereocenters. The second-order valence-corrected chi connectivity index (χ2v) is 16.8. The minimum absolute atomic E-state index is 0.192. The Morgan fingerprint density at radius 3 is 1.45 bits per heavy atom. The van der Waals surface area contributed by atoms with E-state index in [0.717, 1.165) is 88.3 Å². The zero-order chi connectivity index (χ0) is 45.4. The van der Waals surface area contributed by atoms with E-state index in [1.165, 1.54) is 60.2 Å². The van der Waals surface area contributed by atoms with E-state index in [1.807, 2.05) is 6.07 Å². The molecule has 10 nitrogen and oxygen atoms in total. The van der Waals surface area contributed by atoms with E-state index in [-0.39, 0.29) is 41.6 Å². The number of rotatable bonds is 25. The molecule has 4 heterocycles. The number of thiazole rings is 2. The van der Waals surface area contributed by atoms with Gasteiger partial charge in [-0.25, -0.2) is 15.0 Å². The van der Waals surface area contributed by atoms with Crippen LogP contribution in [0, 0.1) is 0 Å². The van der Waals surface area contributed by atoms with Gasteiger partial charge in [-0.2, -0.15) is 26.3 Å². The number of H-pyrrole nitrogens is 1. The molecule has 0 saturated carbocycles. The van der Waals surface area contributed by atoms with Crippen LogP contribution in [0.15, 0.2) is 88.6 Å². The number of nitrogens with zero attached hydrogens (tertiary/aromatic N) is 3. The first-order chi connectivity index (χ1) is 30.9. The predicted octanol–water partition coefficient (Wildman–Crippen LogP) is 14.1. The van der Waals surface area contributed by atoms with Gasteiger partial charge in [0.15, 0.2) is 10.3 Å². The average molecular weight is 929 g/mol. The van der Waals surface area contributed by atoms with Gasteiger partial charge in [0.05, 0.1) is 42.8 Å². The Hall–Kier alpha value is -5.62. The van der Waals surface area contributed by atoms with Crippen molar-refractivity contribution >= 4 is 44.3 Å². The van der Waals surface area contributed by atoms with Crippen LogP contribution in [0.5, 0.6) is 17.4 Å². The molecule has 342 valence electrons. The Balaban J connectivity index is 0.788. The number of aromatic amines is 1. The van der Waals surface area contributed by atoms with Crippen LogP contribution < -0.4 is 30.4 Å². The fourth-order valence-electron chi connectivity index (χ4n) is 6.82. The van der Waals surface area contributed by atoms with Gasteiger partial charge in [-0.1, -0.05) is 70.6 Å². The number of hydrogen-bond donors (Lipinski definition) is 3. The van der Waals surface area contributed by atoms with Crippen molar-refractivity contribution in [1.82, 2.24) is 19.9 Å². The highest BCUT2D eigenvalue weighted by Gasteiger charge is 2.36. The van der Waals surface area contributed by atoms with Crippen molar-refractivity contribution in [3.05, 3.63) is 105 Å². The maximum absolute atomic E-state index is 14.0. The van der Waals surface area contributed by atoms with E-state index in [0.29, 0.717) is 45.9 Å². The number of alkyl halides is 6. The number of hydrogen-bond acceptors (Lipinski definition) is 11. The third kappa shape index (κ3) is 14.7. The average Bonchev–Trinajstić information content (AvgIpc) is 3.95. The predicted molar refractivity (Wildman–Crippen MR) is 241 cm³/mol. The molecule has 6 aromatic rings. The molecule has 3 N–H and O–H groups in total. The van der Waals surface area contributed by atoms with Gasteiger partial charge in [0.1, 0.15) is 11.5 Å². The minimum Gasteiger partial charge on any atom is -0.493 e. The third-order valence-electron chi connectivity index (χ3n) is 10.2. The molecule has 0 aliphatic carbocycles. The van der Waals surface area contributed by atoms with Gasteiger partial charge in [-0.15, -0.1) is 22.7 Å². The summed E-state index contributed by atoms with van der Waals surface area (Å²) in [5, 5.41) is 10.3. The number of methoxy groups -OCH3 is 1. The Bertz CT molecular complexity index is 2400. The summed E-state index contributed by atoms with van der Waals surface area (Å²) in [6, 6.07) is 14.3. The van der Waals surface area contributed by atoms with Gasteiger partial charge in [0.2, 0.25) is 11.4 Å². The molecule has 0 aliphatic rings. The number of aromatic nitrogens is 4. The number of pyridine rings is 2. The lowest BCUT2D eigenvalue weighted by Gasteiger charge is -2.15. The second kappa shape index (κ2) is 23.4. The molecule has 0 fully saturated rings. The first kappa shape index (κ1) is 47.8. The van der Waals surface area contributed by atoms with Gasteiger partial charge in [-0.05, 0) is 61.4 Å². The summed E-state index contributed by atoms with van der Waals surface area (Å²) in [5.41, 5.74) is 1.22. The summed E-state index contributed by atoms with van der Waals surface area (Å²) in [7, 11) is 1.52. The highest BCUT2D eigenvalue weighted by molar-refractivity contribution is 7.14. The maximum Gasteiger partial charge on any atom is 0.420 e. The Labute approximate surface area is 375 Å². The molecule has 6 rings (SSSR count). The van der Waals surface area contributed by atoms with Gasteiger partial charge in [0.25, 0.3) is 0 Å². The normalized spacial score (nSPS) is 11.7. The lowest BCUT2D eigenvalue weighted by molar-refractivity contribution is -0.139. The van der Waals surface area contributed by atoms with E-state index < -0.39 is 23.5 Å². The molecule has 0 atom stereocenters. The van der Waals surface area contributed by atoms with Crippen molar-refractivity contribution in [1.29, 1.82) is 0 Å². The second-order valence-electron chi connectivity index (χ2n) is 15.1. The van der Waals surface area contributed by atoms with Crippen LogP contribution in [-0.4, -0.2) is 40.3 Å². The number of unbranched alkanes of at least 4 members (excludes halogenated alkanes) is 12. The summed E-state index contributed by atoms with van der Waals surface area (Å²) in [6.07, 6.45) is 6.68. The Kier molecular flexibility index (Phi) is 17.5. The van der Waals surface area contributed by atoms with Crippen LogP contribution in [0.1, 0.15) is 94.6 Å². The lowest BCUT2D eigenvalue weighted by atomic mass is 10.0. The molecule has 0 radical (unpaired) electrons. The SMILES string of the molecule is COc1ccc(-c2csc(Nc3ccc(OCCCCCCCCCCCCCCCOc4ccc(Nc5nc(-c6ccc(=O)[nH]c6)cs5)cc4C(F)(F)F)c(C(F)(F)F)c3)n2)cn1. The monoisotopic (exact) mass is 928 g/mol. The molecule has 4 aromatic heterocycles. The molecule has 18 heteroatoms. The molecule has 0 spiro atoms. The number of anilines is 4. The van der Waals surface area contributed by atoms with E-state index in [2.05, 4.69) is 30.6 Å². The summed E-state index contributed by atoms with van der Waals surface area (Å²) in [6.45, 7) is 0.392. The molecule has 0 aliphatic heterocycles. The molecule has 0 saturated heterocycles. The summed E-state index contributed by atoms with van der Waals surface area (Å²) in [5.74, 6) is 0.0665. The smallest absolute Gasteiger partial charge is 0.420 e. The van der Waals surface area contributed by atoms with Gasteiger partial charge < -0.3 is 29.8 Å². The topological polar surface area (TPSA) is 123 Å². The van der Waals surface area contributed by atoms with E-state index in [4.69, 9.17) is 14.2 Å². The van der Waals surface area contributed by atoms with Gasteiger partial charge in [0, 0.05) is 57.8 Å². The number of ether oxygens (including phenoxy) is 3. The molecule has 0 amide bonds. The standard InChI is InChI=1S/C46H50F6N6O4S2/c1-60-42-22-16-32(28-54-42)38-30-64-44(58-38)56-34-18-20-40(36(26-34)46(50,51)52)62-24-14-12-10-8-6-4-2-3-5-7-9-11-13-23-61-39-19-17-33(25-35(39)45(47,48)49)55-43-57-37(29-63-43)31-15-21-41(59)53-27-31/h15-22,25-30H,2-14,23-24H2,1H3,(H,53,59)(H,55,57)(H,56,58). The fourth-order valence-corrected chi connectivity index (χ4v) is 8.30.